The molecule has 4 heterocycles. The molecule has 109 heavy (non-hydrogen) atoms. The van der Waals surface area contributed by atoms with Gasteiger partial charge < -0.3 is 50.0 Å². The van der Waals surface area contributed by atoms with Crippen molar-refractivity contribution in [3.05, 3.63) is 160 Å². The Labute approximate surface area is 650 Å². The average molecular weight is 1600 g/mol. The van der Waals surface area contributed by atoms with E-state index in [-0.39, 0.29) is 75.5 Å². The highest BCUT2D eigenvalue weighted by Crippen LogP contribution is 2.44. The molecule has 1 unspecified atom stereocenters. The van der Waals surface area contributed by atoms with Crippen molar-refractivity contribution in [3.8, 4) is 10.4 Å². The van der Waals surface area contributed by atoms with Gasteiger partial charge in [0.15, 0.2) is 0 Å². The van der Waals surface area contributed by atoms with Gasteiger partial charge in [0.2, 0.25) is 23.6 Å². The number of benzene rings is 5. The summed E-state index contributed by atoms with van der Waals surface area (Å²) >= 11 is 9.34. The second kappa shape index (κ2) is 38.2. The molecule has 0 saturated carbocycles. The molecule has 5 N–H and O–H groups in total. The Balaban J connectivity index is 0.647. The van der Waals surface area contributed by atoms with Gasteiger partial charge in [0.25, 0.3) is 25.8 Å². The Kier molecular flexibility index (Phi) is 29.4. The van der Waals surface area contributed by atoms with Crippen molar-refractivity contribution >= 4 is 101 Å². The maximum absolute atomic E-state index is 14.4. The molecule has 5 aromatic carbocycles. The van der Waals surface area contributed by atoms with Crippen LogP contribution in [-0.4, -0.2) is 214 Å². The Bertz CT molecular complexity index is 4350. The number of sulfone groups is 1. The lowest BCUT2D eigenvalue weighted by atomic mass is 9.70. The maximum Gasteiger partial charge on any atom is 0.501 e. The quantitative estimate of drug-likeness (QED) is 0.0185. The first-order chi connectivity index (χ1) is 52.0. The molecule has 23 nitrogen and oxygen atoms in total. The molecule has 5 atom stereocenters. The Hall–Kier alpha value is -7.49. The molecule has 0 radical (unpaired) electrons. The van der Waals surface area contributed by atoms with Crippen LogP contribution < -0.4 is 30.9 Å². The van der Waals surface area contributed by atoms with Crippen LogP contribution in [-0.2, 0) is 58.0 Å². The highest BCUT2D eigenvalue weighted by atomic mass is 35.5. The fraction of sp³-hybridized carbons (Fsp3) is 0.487. The van der Waals surface area contributed by atoms with Crippen LogP contribution in [0.1, 0.15) is 106 Å². The minimum absolute atomic E-state index is 0.0659. The van der Waals surface area contributed by atoms with Crippen molar-refractivity contribution in [2.75, 3.05) is 134 Å². The summed E-state index contributed by atoms with van der Waals surface area (Å²) in [5, 5.41) is 12.7. The smallest absolute Gasteiger partial charge is 0.380 e. The number of nitrogens with one attached hydrogen (secondary N) is 5. The van der Waals surface area contributed by atoms with Crippen LogP contribution in [0.25, 0.3) is 16.0 Å². The first kappa shape index (κ1) is 84.0. The molecule has 0 spiro atoms. The largest absolute Gasteiger partial charge is 0.501 e. The number of carbonyl (C=O) groups is 5. The lowest BCUT2D eigenvalue weighted by molar-refractivity contribution is -0.144. The molecular formula is C78H98ClF3N10O13S4. The van der Waals surface area contributed by atoms with E-state index >= 15 is 0 Å². The number of halogens is 4. The van der Waals surface area contributed by atoms with E-state index in [1.54, 1.807) is 28.4 Å². The molecule has 1 aromatic heterocycles. The second-order valence-electron chi connectivity index (χ2n) is 29.1. The number of sulfonamides is 1. The van der Waals surface area contributed by atoms with Crippen LogP contribution in [0, 0.1) is 17.8 Å². The molecular weight excluding hydrogens is 1510 g/mol. The number of hydrogen-bond donors (Lipinski definition) is 5. The molecule has 4 aliphatic rings. The summed E-state index contributed by atoms with van der Waals surface area (Å²) in [6.45, 7) is 18.8. The van der Waals surface area contributed by atoms with Crippen LogP contribution in [0.3, 0.4) is 0 Å². The molecule has 5 amide bonds. The highest BCUT2D eigenvalue weighted by molar-refractivity contribution is 7.99. The van der Waals surface area contributed by atoms with Gasteiger partial charge in [0.05, 0.1) is 84.4 Å². The number of anilines is 2. The molecule has 6 aromatic rings. The zero-order valence-electron chi connectivity index (χ0n) is 62.3. The Morgan fingerprint density at radius 1 is 0.789 bits per heavy atom. The minimum Gasteiger partial charge on any atom is -0.380 e. The summed E-state index contributed by atoms with van der Waals surface area (Å²) in [5.74, 6) is -1.88. The third kappa shape index (κ3) is 22.9. The van der Waals surface area contributed by atoms with Crippen LogP contribution >= 0.6 is 34.7 Å². The van der Waals surface area contributed by atoms with Crippen LogP contribution in [0.5, 0.6) is 0 Å². The van der Waals surface area contributed by atoms with Gasteiger partial charge in [0.1, 0.15) is 23.6 Å². The number of rotatable bonds is 34. The predicted molar refractivity (Wildman–Crippen MR) is 417 cm³/mol. The number of carbonyl (C=O) groups excluding carboxylic acids is 5. The number of likely N-dealkylation sites (tertiary alicyclic amines) is 1. The third-order valence-corrected chi connectivity index (χ3v) is 25.3. The summed E-state index contributed by atoms with van der Waals surface area (Å²) in [6, 6.07) is 31.2. The third-order valence-electron chi connectivity index (χ3n) is 20.1. The fourth-order valence-corrected chi connectivity index (χ4v) is 17.7. The first-order valence-corrected chi connectivity index (χ1v) is 41.9. The molecule has 31 heteroatoms. The van der Waals surface area contributed by atoms with Crippen molar-refractivity contribution in [1.82, 2.24) is 40.4 Å². The monoisotopic (exact) mass is 1600 g/mol. The number of thiazole rings is 1. The average Bonchev–Trinajstić information content (AvgIpc) is 1.28. The van der Waals surface area contributed by atoms with E-state index in [4.69, 9.17) is 30.5 Å². The number of morpholine rings is 1. The standard InChI is InChI=1S/C78H98ClF3N10O13S4/c1-53(55-14-16-57(17-15-55)70-54(2)84-52-107-70)85-73(95)67-13-10-32-92(67)74(96)71(76(3,4)5)87-69(93)50-105-46-45-104-44-43-102-40-31-83-75(97)77(6)30-28-65(56-18-22-60(79)23-19-56)59(48-77)49-90-34-36-91(37-35-90)62-24-20-58(21-25-62)72(94)88-109(100,101)64-26-27-66(68(47-64)108(98,99)78(80,81)82)86-61(29-33-89-38-41-103-42-39-89)51-106-63-11-8-7-9-12-63/h7-9,11-12,14-27,47,52-53,61,67,71,86H,10,13,28-46,48-51H2,1-6H3,(H,83,97)(H,85,95)(H,87,93)(H,88,94)/t53-,61+,67-,71+,77?/m0/s1. The normalized spacial score (nSPS) is 18.6. The van der Waals surface area contributed by atoms with Crippen LogP contribution in [0.15, 0.2) is 147 Å². The van der Waals surface area contributed by atoms with Crippen molar-refractivity contribution < 1.29 is 72.9 Å². The number of aromatic nitrogens is 1. The van der Waals surface area contributed by atoms with E-state index in [1.807, 2.05) is 131 Å². The molecule has 590 valence electrons. The number of amides is 5. The van der Waals surface area contributed by atoms with E-state index in [1.165, 1.54) is 23.9 Å². The zero-order chi connectivity index (χ0) is 78.1. The summed E-state index contributed by atoms with van der Waals surface area (Å²) in [4.78, 5) is 81.1. The predicted octanol–water partition coefficient (Wildman–Crippen LogP) is 10.8. The fourth-order valence-electron chi connectivity index (χ4n) is 13.8. The second-order valence-corrected chi connectivity index (χ2v) is 35.1. The summed E-state index contributed by atoms with van der Waals surface area (Å²) in [7, 11) is -11.0. The van der Waals surface area contributed by atoms with Crippen molar-refractivity contribution in [1.29, 1.82) is 0 Å². The molecule has 0 bridgehead atoms. The number of allylic oxidation sites excluding steroid dienone is 1. The summed E-state index contributed by atoms with van der Waals surface area (Å²) in [5.41, 5.74) is 1.17. The van der Waals surface area contributed by atoms with Gasteiger partial charge in [-0.15, -0.1) is 23.1 Å². The minimum atomic E-state index is -6.12. The van der Waals surface area contributed by atoms with Crippen molar-refractivity contribution in [2.24, 2.45) is 10.8 Å². The topological polar surface area (TPSA) is 277 Å². The number of ether oxygens (including phenoxy) is 4. The number of aryl methyl sites for hydroxylation is 1. The van der Waals surface area contributed by atoms with Crippen molar-refractivity contribution in [3.63, 3.8) is 0 Å². The van der Waals surface area contributed by atoms with E-state index in [0.717, 1.165) is 61.1 Å². The van der Waals surface area contributed by atoms with E-state index in [0.29, 0.717) is 127 Å². The Morgan fingerprint density at radius 3 is 2.12 bits per heavy atom. The van der Waals surface area contributed by atoms with Gasteiger partial charge in [-0.1, -0.05) is 99.5 Å². The highest BCUT2D eigenvalue weighted by Gasteiger charge is 2.49. The zero-order valence-corrected chi connectivity index (χ0v) is 66.3. The van der Waals surface area contributed by atoms with Crippen molar-refractivity contribution in [2.45, 2.75) is 124 Å². The SMILES string of the molecule is Cc1ncsc1-c1ccc([C@H](C)NC(=O)[C@@H]2CCCN2C(=O)[C@@H](NC(=O)COCCOCCOCCNC(=O)C2(C)CCC(c3ccc(Cl)cc3)=C(CN3CCN(c4ccc(C(=O)NS(=O)(=O)c5ccc(N[C@H](CCN6CCOCC6)CSc6ccccc6)c(S(=O)(=O)C(F)(F)F)c5)cc4)CC3)C2)C(C)(C)C)cc1. The van der Waals surface area contributed by atoms with Gasteiger partial charge in [-0.3, -0.25) is 33.8 Å². The number of nitrogens with zero attached hydrogens (tertiary/aromatic N) is 5. The van der Waals surface area contributed by atoms with Crippen LogP contribution in [0.2, 0.25) is 5.02 Å². The number of thioether (sulfide) groups is 1. The summed E-state index contributed by atoms with van der Waals surface area (Å²) in [6.07, 6.45) is 3.35. The molecule has 1 aliphatic carbocycles. The summed E-state index contributed by atoms with van der Waals surface area (Å²) < 4.78 is 122. The van der Waals surface area contributed by atoms with Gasteiger partial charge >= 0.3 is 5.51 Å². The number of hydrogen-bond acceptors (Lipinski definition) is 20. The van der Waals surface area contributed by atoms with Gasteiger partial charge in [-0.05, 0) is 147 Å². The van der Waals surface area contributed by atoms with Gasteiger partial charge in [0, 0.05) is 98.4 Å². The van der Waals surface area contributed by atoms with E-state index in [2.05, 4.69) is 41.0 Å². The molecule has 3 saturated heterocycles. The molecule has 10 rings (SSSR count). The Morgan fingerprint density at radius 2 is 1.46 bits per heavy atom. The molecule has 3 aliphatic heterocycles. The van der Waals surface area contributed by atoms with E-state index < -0.39 is 81.6 Å². The lowest BCUT2D eigenvalue weighted by Gasteiger charge is -2.40. The lowest BCUT2D eigenvalue weighted by Crippen LogP contribution is -2.58. The van der Waals surface area contributed by atoms with E-state index in [9.17, 15) is 54.0 Å². The maximum atomic E-state index is 14.4. The van der Waals surface area contributed by atoms with Crippen LogP contribution in [0.4, 0.5) is 24.5 Å². The number of piperazine rings is 1. The molecule has 3 fully saturated rings. The van der Waals surface area contributed by atoms with Gasteiger partial charge in [-0.25, -0.2) is 26.5 Å². The van der Waals surface area contributed by atoms with Gasteiger partial charge in [-0.2, -0.15) is 13.2 Å². The number of alkyl halides is 3. The first-order valence-electron chi connectivity index (χ1n) is 36.7.